The summed E-state index contributed by atoms with van der Waals surface area (Å²) in [6.07, 6.45) is 2.73. The predicted molar refractivity (Wildman–Crippen MR) is 76.1 cm³/mol. The van der Waals surface area contributed by atoms with Gasteiger partial charge in [-0.15, -0.1) is 0 Å². The third-order valence-corrected chi connectivity index (χ3v) is 3.69. The van der Waals surface area contributed by atoms with Crippen molar-refractivity contribution < 1.29 is 14.6 Å². The van der Waals surface area contributed by atoms with Gasteiger partial charge in [0.2, 0.25) is 0 Å². The van der Waals surface area contributed by atoms with Crippen molar-refractivity contribution in [2.75, 3.05) is 26.9 Å². The van der Waals surface area contributed by atoms with Crippen molar-refractivity contribution in [1.82, 2.24) is 14.7 Å². The Labute approximate surface area is 123 Å². The maximum atomic E-state index is 12.5. The maximum Gasteiger partial charge on any atom is 0.274 e. The van der Waals surface area contributed by atoms with Crippen LogP contribution in [0.25, 0.3) is 0 Å². The molecule has 1 aliphatic heterocycles. The van der Waals surface area contributed by atoms with Crippen molar-refractivity contribution in [3.63, 3.8) is 0 Å². The molecule has 0 aromatic carbocycles. The highest BCUT2D eigenvalue weighted by molar-refractivity contribution is 5.92. The number of amides is 1. The van der Waals surface area contributed by atoms with Crippen LogP contribution in [0.5, 0.6) is 0 Å². The molecule has 7 nitrogen and oxygen atoms in total. The third-order valence-electron chi connectivity index (χ3n) is 3.69. The maximum absolute atomic E-state index is 12.5. The van der Waals surface area contributed by atoms with E-state index < -0.39 is 0 Å². The molecule has 1 aliphatic rings. The molecule has 0 spiro atoms. The number of aromatic nitrogens is 2. The Balaban J connectivity index is 2.20. The zero-order chi connectivity index (χ0) is 15.2. The number of nitrogens with zero attached hydrogens (tertiary/aromatic N) is 3. The van der Waals surface area contributed by atoms with E-state index in [-0.39, 0.29) is 29.8 Å². The van der Waals surface area contributed by atoms with Crippen LogP contribution in [0.15, 0.2) is 16.9 Å². The van der Waals surface area contributed by atoms with E-state index in [1.807, 2.05) is 0 Å². The van der Waals surface area contributed by atoms with E-state index in [2.05, 4.69) is 5.10 Å². The van der Waals surface area contributed by atoms with Crippen molar-refractivity contribution in [2.45, 2.75) is 31.8 Å². The van der Waals surface area contributed by atoms with Gasteiger partial charge < -0.3 is 14.7 Å². The topological polar surface area (TPSA) is 84.7 Å². The highest BCUT2D eigenvalue weighted by Gasteiger charge is 2.27. The number of piperidine rings is 1. The fraction of sp³-hybridized carbons (Fsp3) is 0.643. The SMILES string of the molecule is COCCn1nc(C(=O)N2CCCCC2CO)ccc1=O. The van der Waals surface area contributed by atoms with Gasteiger partial charge in [-0.1, -0.05) is 0 Å². The van der Waals surface area contributed by atoms with Crippen LogP contribution in [0, 0.1) is 0 Å². The molecule has 1 saturated heterocycles. The standard InChI is InChI=1S/C14H21N3O4/c1-21-9-8-17-13(19)6-5-12(15-17)14(20)16-7-3-2-4-11(16)10-18/h5-6,11,18H,2-4,7-10H2,1H3. The van der Waals surface area contributed by atoms with E-state index in [4.69, 9.17) is 4.74 Å². The molecule has 1 amide bonds. The molecule has 7 heteroatoms. The van der Waals surface area contributed by atoms with Gasteiger partial charge >= 0.3 is 0 Å². The van der Waals surface area contributed by atoms with Crippen LogP contribution in [-0.2, 0) is 11.3 Å². The lowest BCUT2D eigenvalue weighted by Gasteiger charge is -2.34. The molecule has 1 N–H and O–H groups in total. The lowest BCUT2D eigenvalue weighted by atomic mass is 10.0. The molecule has 1 atom stereocenters. The van der Waals surface area contributed by atoms with Gasteiger partial charge in [0.1, 0.15) is 5.69 Å². The number of ether oxygens (including phenoxy) is 1. The first kappa shape index (κ1) is 15.7. The molecule has 1 aromatic rings. The zero-order valence-corrected chi connectivity index (χ0v) is 12.2. The summed E-state index contributed by atoms with van der Waals surface area (Å²) in [5.74, 6) is -0.236. The first-order chi connectivity index (χ1) is 10.2. The Morgan fingerprint density at radius 2 is 2.29 bits per heavy atom. The fourth-order valence-corrected chi connectivity index (χ4v) is 2.51. The number of aliphatic hydroxyl groups is 1. The summed E-state index contributed by atoms with van der Waals surface area (Å²) in [5.41, 5.74) is -0.0352. The van der Waals surface area contributed by atoms with Crippen molar-refractivity contribution >= 4 is 5.91 Å². The molecule has 0 saturated carbocycles. The molecular weight excluding hydrogens is 274 g/mol. The molecule has 21 heavy (non-hydrogen) atoms. The fourth-order valence-electron chi connectivity index (χ4n) is 2.51. The van der Waals surface area contributed by atoms with Crippen LogP contribution in [0.4, 0.5) is 0 Å². The minimum absolute atomic E-state index is 0.0466. The summed E-state index contributed by atoms with van der Waals surface area (Å²) in [7, 11) is 1.54. The van der Waals surface area contributed by atoms with E-state index in [9.17, 15) is 14.7 Å². The molecule has 1 fully saturated rings. The molecule has 0 bridgehead atoms. The highest BCUT2D eigenvalue weighted by Crippen LogP contribution is 2.18. The number of hydrogen-bond acceptors (Lipinski definition) is 5. The van der Waals surface area contributed by atoms with Gasteiger partial charge in [-0.2, -0.15) is 5.10 Å². The molecular formula is C14H21N3O4. The largest absolute Gasteiger partial charge is 0.394 e. The van der Waals surface area contributed by atoms with Gasteiger partial charge in [-0.05, 0) is 25.3 Å². The monoisotopic (exact) mass is 295 g/mol. The van der Waals surface area contributed by atoms with Crippen LogP contribution in [0.2, 0.25) is 0 Å². The first-order valence-corrected chi connectivity index (χ1v) is 7.16. The molecule has 2 rings (SSSR count). The number of carbonyl (C=O) groups excluding carboxylic acids is 1. The van der Waals surface area contributed by atoms with Gasteiger partial charge in [0.05, 0.1) is 25.8 Å². The Morgan fingerprint density at radius 1 is 1.48 bits per heavy atom. The summed E-state index contributed by atoms with van der Waals surface area (Å²) >= 11 is 0. The lowest BCUT2D eigenvalue weighted by molar-refractivity contribution is 0.0494. The number of aliphatic hydroxyl groups excluding tert-OH is 1. The van der Waals surface area contributed by atoms with Gasteiger partial charge in [0.15, 0.2) is 0 Å². The van der Waals surface area contributed by atoms with E-state index >= 15 is 0 Å². The Bertz CT molecular complexity index is 543. The molecule has 1 unspecified atom stereocenters. The third kappa shape index (κ3) is 3.68. The summed E-state index contributed by atoms with van der Waals surface area (Å²) in [5, 5.41) is 13.5. The quantitative estimate of drug-likeness (QED) is 0.818. The molecule has 0 aliphatic carbocycles. The average Bonchev–Trinajstić information content (AvgIpc) is 2.53. The van der Waals surface area contributed by atoms with Crippen LogP contribution in [-0.4, -0.2) is 58.6 Å². The van der Waals surface area contributed by atoms with Crippen LogP contribution < -0.4 is 5.56 Å². The summed E-state index contributed by atoms with van der Waals surface area (Å²) in [6.45, 7) is 1.23. The summed E-state index contributed by atoms with van der Waals surface area (Å²) in [6, 6.07) is 2.62. The van der Waals surface area contributed by atoms with Crippen molar-refractivity contribution in [1.29, 1.82) is 0 Å². The minimum atomic E-state index is -0.263. The Hall–Kier alpha value is -1.73. The van der Waals surface area contributed by atoms with Crippen LogP contribution in [0.1, 0.15) is 29.8 Å². The number of carbonyl (C=O) groups is 1. The normalized spacial score (nSPS) is 18.8. The Morgan fingerprint density at radius 3 is 3.00 bits per heavy atom. The number of methoxy groups -OCH3 is 1. The van der Waals surface area contributed by atoms with E-state index in [0.29, 0.717) is 19.7 Å². The summed E-state index contributed by atoms with van der Waals surface area (Å²) < 4.78 is 6.15. The van der Waals surface area contributed by atoms with Crippen molar-refractivity contribution in [3.8, 4) is 0 Å². The van der Waals surface area contributed by atoms with E-state index in [1.165, 1.54) is 16.8 Å². The Kier molecular flexibility index (Phi) is 5.46. The van der Waals surface area contributed by atoms with Crippen molar-refractivity contribution in [3.05, 3.63) is 28.2 Å². The lowest BCUT2D eigenvalue weighted by Crippen LogP contribution is -2.46. The van der Waals surface area contributed by atoms with E-state index in [1.54, 1.807) is 12.0 Å². The second kappa shape index (κ2) is 7.33. The van der Waals surface area contributed by atoms with Gasteiger partial charge in [0.25, 0.3) is 11.5 Å². The van der Waals surface area contributed by atoms with Gasteiger partial charge in [0, 0.05) is 19.7 Å². The second-order valence-electron chi connectivity index (χ2n) is 5.10. The molecule has 116 valence electrons. The van der Waals surface area contributed by atoms with Gasteiger partial charge in [-0.25, -0.2) is 4.68 Å². The summed E-state index contributed by atoms with van der Waals surface area (Å²) in [4.78, 5) is 25.8. The predicted octanol–water partition coefficient (Wildman–Crippen LogP) is -0.123. The highest BCUT2D eigenvalue weighted by atomic mass is 16.5. The van der Waals surface area contributed by atoms with Crippen LogP contribution in [0.3, 0.4) is 0 Å². The molecule has 0 radical (unpaired) electrons. The molecule has 2 heterocycles. The first-order valence-electron chi connectivity index (χ1n) is 7.16. The average molecular weight is 295 g/mol. The van der Waals surface area contributed by atoms with Gasteiger partial charge in [-0.3, -0.25) is 9.59 Å². The molecule has 1 aromatic heterocycles. The van der Waals surface area contributed by atoms with E-state index in [0.717, 1.165) is 19.3 Å². The minimum Gasteiger partial charge on any atom is -0.394 e. The smallest absolute Gasteiger partial charge is 0.274 e. The number of rotatable bonds is 5. The number of hydrogen-bond donors (Lipinski definition) is 1. The zero-order valence-electron chi connectivity index (χ0n) is 12.2. The second-order valence-corrected chi connectivity index (χ2v) is 5.10. The van der Waals surface area contributed by atoms with Crippen LogP contribution >= 0.6 is 0 Å². The number of likely N-dealkylation sites (tertiary alicyclic amines) is 1. The van der Waals surface area contributed by atoms with Crippen molar-refractivity contribution in [2.24, 2.45) is 0 Å².